The summed E-state index contributed by atoms with van der Waals surface area (Å²) >= 11 is 0. The van der Waals surface area contributed by atoms with Gasteiger partial charge in [0, 0.05) is 6.08 Å². The van der Waals surface area contributed by atoms with Crippen molar-refractivity contribution >= 4 is 5.91 Å². The number of azo groups is 1. The summed E-state index contributed by atoms with van der Waals surface area (Å²) in [5.41, 5.74) is 0. The SMILES string of the molecule is O=C1C=CN=N1.OOO. The van der Waals surface area contributed by atoms with Gasteiger partial charge in [-0.05, 0) is 0 Å². The minimum Gasteiger partial charge on any atom is -0.266 e. The van der Waals surface area contributed by atoms with Gasteiger partial charge in [0.25, 0.3) is 5.91 Å². The van der Waals surface area contributed by atoms with Crippen LogP contribution in [0, 0.1) is 0 Å². The molecule has 0 aliphatic carbocycles. The standard InChI is InChI=1S/C3H2N2O.H2O3/c6-3-1-2-4-5-3;1-3-2/h1-2H;1-2H. The van der Waals surface area contributed by atoms with Crippen LogP contribution in [0.25, 0.3) is 0 Å². The van der Waals surface area contributed by atoms with E-state index in [0.717, 1.165) is 0 Å². The largest absolute Gasteiger partial charge is 0.289 e. The summed E-state index contributed by atoms with van der Waals surface area (Å²) in [4.78, 5) is 9.90. The Bertz CT molecular complexity index is 127. The lowest BCUT2D eigenvalue weighted by molar-refractivity contribution is -0.465. The molecule has 0 fully saturated rings. The Morgan fingerprint density at radius 2 is 2.11 bits per heavy atom. The zero-order valence-corrected chi connectivity index (χ0v) is 4.26. The third kappa shape index (κ3) is 4.75. The van der Waals surface area contributed by atoms with Gasteiger partial charge in [-0.2, -0.15) is 5.11 Å². The molecule has 2 N–H and O–H groups in total. The molecule has 0 aromatic carbocycles. The number of rotatable bonds is 0. The van der Waals surface area contributed by atoms with Crippen LogP contribution in [0.4, 0.5) is 0 Å². The summed E-state index contributed by atoms with van der Waals surface area (Å²) in [7, 11) is 0. The number of carbonyl (C=O) groups excluding carboxylic acids is 1. The Hall–Kier alpha value is -1.11. The Morgan fingerprint density at radius 1 is 1.56 bits per heavy atom. The Morgan fingerprint density at radius 3 is 2.22 bits per heavy atom. The fourth-order valence-corrected chi connectivity index (χ4v) is 0.221. The van der Waals surface area contributed by atoms with Crippen LogP contribution < -0.4 is 0 Å². The summed E-state index contributed by atoms with van der Waals surface area (Å²) in [5.74, 6) is -0.269. The second kappa shape index (κ2) is 5.04. The molecule has 6 nitrogen and oxygen atoms in total. The molecule has 1 amide bonds. The summed E-state index contributed by atoms with van der Waals surface area (Å²) < 4.78 is 0. The van der Waals surface area contributed by atoms with Gasteiger partial charge in [0.05, 0.1) is 6.20 Å². The highest BCUT2D eigenvalue weighted by molar-refractivity contribution is 5.89. The lowest BCUT2D eigenvalue weighted by atomic mass is 10.6. The molecule has 1 rings (SSSR count). The number of nitrogens with zero attached hydrogens (tertiary/aromatic N) is 2. The monoisotopic (exact) mass is 132 g/mol. The zero-order valence-electron chi connectivity index (χ0n) is 4.26. The molecule has 50 valence electrons. The third-order valence-corrected chi connectivity index (χ3v) is 0.440. The van der Waals surface area contributed by atoms with Crippen molar-refractivity contribution in [3.05, 3.63) is 12.3 Å². The maximum absolute atomic E-state index is 9.90. The molecule has 0 radical (unpaired) electrons. The number of amides is 1. The van der Waals surface area contributed by atoms with Crippen LogP contribution in [-0.4, -0.2) is 16.4 Å². The maximum Gasteiger partial charge on any atom is 0.289 e. The molecular formula is C3H4N2O4. The minimum absolute atomic E-state index is 0.269. The summed E-state index contributed by atoms with van der Waals surface area (Å²) in [6, 6.07) is 0. The van der Waals surface area contributed by atoms with Gasteiger partial charge in [0.2, 0.25) is 0 Å². The topological polar surface area (TPSA) is 91.5 Å². The molecule has 1 aliphatic rings. The van der Waals surface area contributed by atoms with Crippen LogP contribution in [0.15, 0.2) is 22.5 Å². The highest BCUT2D eigenvalue weighted by atomic mass is 17.4. The fraction of sp³-hybridized carbons (Fsp3) is 0. The van der Waals surface area contributed by atoms with Crippen LogP contribution in [0.3, 0.4) is 0 Å². The zero-order chi connectivity index (χ0) is 7.11. The first-order valence-corrected chi connectivity index (χ1v) is 1.87. The molecule has 0 aromatic heterocycles. The Balaban J connectivity index is 0.000000187. The van der Waals surface area contributed by atoms with Gasteiger partial charge >= 0.3 is 0 Å². The molecule has 0 unspecified atom stereocenters. The van der Waals surface area contributed by atoms with E-state index < -0.39 is 0 Å². The van der Waals surface area contributed by atoms with Crippen molar-refractivity contribution in [3.63, 3.8) is 0 Å². The first-order valence-electron chi connectivity index (χ1n) is 1.87. The van der Waals surface area contributed by atoms with E-state index >= 15 is 0 Å². The first-order chi connectivity index (χ1) is 4.31. The van der Waals surface area contributed by atoms with Gasteiger partial charge in [-0.15, -0.1) is 5.11 Å². The van der Waals surface area contributed by atoms with Gasteiger partial charge in [0.15, 0.2) is 0 Å². The minimum atomic E-state index is -0.269. The predicted octanol–water partition coefficient (Wildman–Crippen LogP) is 0.441. The highest BCUT2D eigenvalue weighted by Gasteiger charge is 1.92. The van der Waals surface area contributed by atoms with Crippen molar-refractivity contribution in [1.82, 2.24) is 0 Å². The lowest BCUT2D eigenvalue weighted by Gasteiger charge is -1.59. The normalized spacial score (nSPS) is 13.3. The van der Waals surface area contributed by atoms with Gasteiger partial charge in [0.1, 0.15) is 0 Å². The summed E-state index contributed by atoms with van der Waals surface area (Å²) in [6.45, 7) is 0. The van der Waals surface area contributed by atoms with Crippen LogP contribution in [0.5, 0.6) is 0 Å². The van der Waals surface area contributed by atoms with E-state index in [9.17, 15) is 4.79 Å². The first kappa shape index (κ1) is 7.89. The number of hydrogen-bond acceptors (Lipinski definition) is 5. The molecule has 0 saturated carbocycles. The van der Waals surface area contributed by atoms with Crippen molar-refractivity contribution < 1.29 is 20.3 Å². The molecule has 6 heteroatoms. The Labute approximate surface area is 49.9 Å². The van der Waals surface area contributed by atoms with Crippen LogP contribution in [0.2, 0.25) is 0 Å². The third-order valence-electron chi connectivity index (χ3n) is 0.440. The molecular weight excluding hydrogens is 128 g/mol. The fourth-order valence-electron chi connectivity index (χ4n) is 0.221. The van der Waals surface area contributed by atoms with Crippen molar-refractivity contribution in [2.45, 2.75) is 0 Å². The van der Waals surface area contributed by atoms with Gasteiger partial charge < -0.3 is 0 Å². The quantitative estimate of drug-likeness (QED) is 0.369. The molecule has 0 bridgehead atoms. The molecule has 0 saturated heterocycles. The second-order valence-corrected chi connectivity index (χ2v) is 0.951. The van der Waals surface area contributed by atoms with Crippen molar-refractivity contribution in [3.8, 4) is 0 Å². The van der Waals surface area contributed by atoms with Crippen LogP contribution in [0.1, 0.15) is 0 Å². The van der Waals surface area contributed by atoms with Gasteiger partial charge in [-0.3, -0.25) is 4.79 Å². The van der Waals surface area contributed by atoms with E-state index in [-0.39, 0.29) is 5.91 Å². The van der Waals surface area contributed by atoms with Gasteiger partial charge in [-0.25, -0.2) is 10.5 Å². The number of carbonyl (C=O) groups is 1. The lowest BCUT2D eigenvalue weighted by Crippen LogP contribution is -1.74. The number of hydrogen-bond donors (Lipinski definition) is 2. The van der Waals surface area contributed by atoms with E-state index in [1.54, 1.807) is 0 Å². The van der Waals surface area contributed by atoms with Crippen molar-refractivity contribution in [2.24, 2.45) is 10.2 Å². The molecule has 1 heterocycles. The summed E-state index contributed by atoms with van der Waals surface area (Å²) in [6.07, 6.45) is 2.67. The van der Waals surface area contributed by atoms with E-state index in [1.165, 1.54) is 12.3 Å². The van der Waals surface area contributed by atoms with E-state index in [0.29, 0.717) is 0 Å². The van der Waals surface area contributed by atoms with E-state index in [4.69, 9.17) is 10.5 Å². The van der Waals surface area contributed by atoms with Gasteiger partial charge in [-0.1, -0.05) is 5.04 Å². The smallest absolute Gasteiger partial charge is 0.266 e. The van der Waals surface area contributed by atoms with Crippen molar-refractivity contribution in [2.75, 3.05) is 0 Å². The molecule has 1 aliphatic heterocycles. The van der Waals surface area contributed by atoms with Crippen LogP contribution >= 0.6 is 0 Å². The van der Waals surface area contributed by atoms with E-state index in [1.807, 2.05) is 0 Å². The van der Waals surface area contributed by atoms with Crippen LogP contribution in [-0.2, 0) is 9.83 Å². The second-order valence-electron chi connectivity index (χ2n) is 0.951. The molecule has 9 heavy (non-hydrogen) atoms. The van der Waals surface area contributed by atoms with Crippen molar-refractivity contribution in [1.29, 1.82) is 0 Å². The maximum atomic E-state index is 9.90. The molecule has 0 spiro atoms. The summed E-state index contributed by atoms with van der Waals surface area (Å²) in [5, 5.41) is 21.9. The average molecular weight is 132 g/mol. The highest BCUT2D eigenvalue weighted by Crippen LogP contribution is 1.90. The predicted molar refractivity (Wildman–Crippen MR) is 25.3 cm³/mol. The average Bonchev–Trinajstić information content (AvgIpc) is 2.20. The van der Waals surface area contributed by atoms with E-state index in [2.05, 4.69) is 15.3 Å². The Kier molecular flexibility index (Phi) is 4.41. The molecule has 0 aromatic rings. The molecule has 0 atom stereocenters.